The van der Waals surface area contributed by atoms with Crippen molar-refractivity contribution in [2.24, 2.45) is 0 Å². The van der Waals surface area contributed by atoms with Crippen LogP contribution in [0.1, 0.15) is 39.9 Å². The first-order valence-electron chi connectivity index (χ1n) is 8.39. The molecule has 0 unspecified atom stereocenters. The van der Waals surface area contributed by atoms with Gasteiger partial charge in [-0.1, -0.05) is 0 Å². The van der Waals surface area contributed by atoms with Crippen molar-refractivity contribution < 1.29 is 24.0 Å². The number of methoxy groups -OCH3 is 1. The molecule has 0 aromatic heterocycles. The van der Waals surface area contributed by atoms with Gasteiger partial charge in [0.1, 0.15) is 12.4 Å². The van der Waals surface area contributed by atoms with Crippen molar-refractivity contribution in [1.29, 1.82) is 0 Å². The van der Waals surface area contributed by atoms with E-state index in [9.17, 15) is 19.7 Å². The van der Waals surface area contributed by atoms with Crippen molar-refractivity contribution in [3.63, 3.8) is 0 Å². The van der Waals surface area contributed by atoms with Crippen LogP contribution in [0.3, 0.4) is 0 Å². The molecule has 2 aromatic rings. The van der Waals surface area contributed by atoms with Gasteiger partial charge in [-0.05, 0) is 54.8 Å². The molecule has 0 radical (unpaired) electrons. The van der Waals surface area contributed by atoms with Crippen LogP contribution in [0.2, 0.25) is 0 Å². The number of esters is 1. The summed E-state index contributed by atoms with van der Waals surface area (Å²) in [6.07, 6.45) is 0.139. The molecule has 0 N–H and O–H groups in total. The minimum absolute atomic E-state index is 0.0286. The van der Waals surface area contributed by atoms with Crippen LogP contribution >= 0.6 is 0 Å². The van der Waals surface area contributed by atoms with Crippen molar-refractivity contribution in [3.05, 3.63) is 68.8 Å². The van der Waals surface area contributed by atoms with Gasteiger partial charge in [0.2, 0.25) is 0 Å². The fourth-order valence-electron chi connectivity index (χ4n) is 2.67. The average molecular weight is 371 g/mol. The number of carbonyl (C=O) groups is 2. The Morgan fingerprint density at radius 2 is 1.63 bits per heavy atom. The minimum Gasteiger partial charge on any atom is -0.488 e. The molecule has 0 fully saturated rings. The highest BCUT2D eigenvalue weighted by molar-refractivity contribution is 5.98. The highest BCUT2D eigenvalue weighted by atomic mass is 16.6. The molecule has 142 valence electrons. The number of ketones is 1. The zero-order valence-corrected chi connectivity index (χ0v) is 15.5. The molecule has 0 saturated carbocycles. The zero-order chi connectivity index (χ0) is 20.0. The molecule has 0 saturated heterocycles. The monoisotopic (exact) mass is 371 g/mol. The van der Waals surface area contributed by atoms with E-state index in [0.29, 0.717) is 11.3 Å². The van der Waals surface area contributed by atoms with Gasteiger partial charge >= 0.3 is 5.97 Å². The fraction of sp³-hybridized carbons (Fsp3) is 0.300. The van der Waals surface area contributed by atoms with Crippen LogP contribution in [-0.4, -0.2) is 23.8 Å². The summed E-state index contributed by atoms with van der Waals surface area (Å²) in [6, 6.07) is 9.62. The molecule has 2 aromatic carbocycles. The van der Waals surface area contributed by atoms with Gasteiger partial charge in [0.15, 0.2) is 5.78 Å². The first-order valence-corrected chi connectivity index (χ1v) is 8.39. The van der Waals surface area contributed by atoms with Gasteiger partial charge in [0.05, 0.1) is 18.5 Å². The first kappa shape index (κ1) is 20.1. The fourth-order valence-corrected chi connectivity index (χ4v) is 2.67. The molecule has 7 nitrogen and oxygen atoms in total. The van der Waals surface area contributed by atoms with E-state index in [1.807, 2.05) is 13.8 Å². The number of nitro benzene ring substituents is 1. The summed E-state index contributed by atoms with van der Waals surface area (Å²) in [6.45, 7) is 3.94. The molecule has 0 aliphatic carbocycles. The quantitative estimate of drug-likeness (QED) is 0.302. The summed E-state index contributed by atoms with van der Waals surface area (Å²) in [4.78, 5) is 33.7. The first-order chi connectivity index (χ1) is 12.8. The Morgan fingerprint density at radius 3 is 2.15 bits per heavy atom. The van der Waals surface area contributed by atoms with Crippen LogP contribution in [0.15, 0.2) is 36.4 Å². The molecular formula is C20H21NO6. The second kappa shape index (κ2) is 8.93. The summed E-state index contributed by atoms with van der Waals surface area (Å²) in [5, 5.41) is 10.7. The SMILES string of the molecule is COC(=O)CCC(=O)c1cc(C)c(OCc2ccc([N+](=O)[O-])cc2)c(C)c1. The van der Waals surface area contributed by atoms with Crippen LogP contribution in [0, 0.1) is 24.0 Å². The Hall–Kier alpha value is -3.22. The molecule has 0 amide bonds. The van der Waals surface area contributed by atoms with E-state index in [4.69, 9.17) is 4.74 Å². The summed E-state index contributed by atoms with van der Waals surface area (Å²) in [5.41, 5.74) is 2.96. The molecule has 7 heteroatoms. The third-order valence-corrected chi connectivity index (χ3v) is 4.10. The molecule has 0 heterocycles. The Kier molecular flexibility index (Phi) is 6.65. The van der Waals surface area contributed by atoms with Crippen molar-refractivity contribution in [2.75, 3.05) is 7.11 Å². The van der Waals surface area contributed by atoms with Crippen molar-refractivity contribution in [3.8, 4) is 5.75 Å². The predicted molar refractivity (Wildman–Crippen MR) is 98.9 cm³/mol. The van der Waals surface area contributed by atoms with Gasteiger partial charge in [0.25, 0.3) is 5.69 Å². The lowest BCUT2D eigenvalue weighted by atomic mass is 10.0. The zero-order valence-electron chi connectivity index (χ0n) is 15.5. The lowest BCUT2D eigenvalue weighted by molar-refractivity contribution is -0.384. The highest BCUT2D eigenvalue weighted by Gasteiger charge is 2.14. The smallest absolute Gasteiger partial charge is 0.305 e. The van der Waals surface area contributed by atoms with Crippen LogP contribution in [-0.2, 0) is 16.1 Å². The Morgan fingerprint density at radius 1 is 1.04 bits per heavy atom. The van der Waals surface area contributed by atoms with E-state index in [2.05, 4.69) is 4.74 Å². The third-order valence-electron chi connectivity index (χ3n) is 4.10. The van der Waals surface area contributed by atoms with Gasteiger partial charge in [-0.2, -0.15) is 0 Å². The molecular weight excluding hydrogens is 350 g/mol. The number of hydrogen-bond donors (Lipinski definition) is 0. The van der Waals surface area contributed by atoms with Crippen LogP contribution in [0.5, 0.6) is 5.75 Å². The lowest BCUT2D eigenvalue weighted by Gasteiger charge is -2.14. The molecule has 0 spiro atoms. The predicted octanol–water partition coefficient (Wildman–Crippen LogP) is 3.93. The largest absolute Gasteiger partial charge is 0.488 e. The summed E-state index contributed by atoms with van der Waals surface area (Å²) in [5.74, 6) is 0.117. The number of hydrogen-bond acceptors (Lipinski definition) is 6. The normalized spacial score (nSPS) is 10.3. The molecule has 27 heavy (non-hydrogen) atoms. The van der Waals surface area contributed by atoms with E-state index in [-0.39, 0.29) is 30.9 Å². The van der Waals surface area contributed by atoms with E-state index in [1.165, 1.54) is 19.2 Å². The van der Waals surface area contributed by atoms with E-state index >= 15 is 0 Å². The topological polar surface area (TPSA) is 95.7 Å². The van der Waals surface area contributed by atoms with Crippen molar-refractivity contribution in [1.82, 2.24) is 0 Å². The van der Waals surface area contributed by atoms with Gasteiger partial charge < -0.3 is 9.47 Å². The number of aryl methyl sites for hydroxylation is 2. The van der Waals surface area contributed by atoms with Crippen LogP contribution < -0.4 is 4.74 Å². The number of benzene rings is 2. The summed E-state index contributed by atoms with van der Waals surface area (Å²) in [7, 11) is 1.29. The van der Waals surface area contributed by atoms with Crippen LogP contribution in [0.4, 0.5) is 5.69 Å². The Labute approximate surface area is 157 Å². The summed E-state index contributed by atoms with van der Waals surface area (Å²) >= 11 is 0. The number of rotatable bonds is 8. The van der Waals surface area contributed by atoms with Crippen molar-refractivity contribution >= 4 is 17.4 Å². The second-order valence-corrected chi connectivity index (χ2v) is 6.15. The maximum absolute atomic E-state index is 12.2. The molecule has 0 aliphatic rings. The molecule has 0 aliphatic heterocycles. The van der Waals surface area contributed by atoms with Crippen molar-refractivity contribution in [2.45, 2.75) is 33.3 Å². The molecule has 2 rings (SSSR count). The number of nitro groups is 1. The number of non-ortho nitro benzene ring substituents is 1. The summed E-state index contributed by atoms with van der Waals surface area (Å²) < 4.78 is 10.4. The Bertz CT molecular complexity index is 834. The van der Waals surface area contributed by atoms with Gasteiger partial charge in [-0.15, -0.1) is 0 Å². The third kappa shape index (κ3) is 5.37. The van der Waals surface area contributed by atoms with Gasteiger partial charge in [-0.3, -0.25) is 19.7 Å². The number of carbonyl (C=O) groups excluding carboxylic acids is 2. The van der Waals surface area contributed by atoms with Gasteiger partial charge in [-0.25, -0.2) is 0 Å². The van der Waals surface area contributed by atoms with E-state index < -0.39 is 10.9 Å². The minimum atomic E-state index is -0.450. The second-order valence-electron chi connectivity index (χ2n) is 6.15. The number of ether oxygens (including phenoxy) is 2. The number of Topliss-reactive ketones (excluding diaryl/α,β-unsaturated/α-hetero) is 1. The molecule has 0 atom stereocenters. The maximum Gasteiger partial charge on any atom is 0.305 e. The standard InChI is InChI=1S/C20H21NO6/c1-13-10-16(18(22)8-9-19(23)26-3)11-14(2)20(13)27-12-15-4-6-17(7-5-15)21(24)25/h4-7,10-11H,8-9,12H2,1-3H3. The van der Waals surface area contributed by atoms with Crippen LogP contribution in [0.25, 0.3) is 0 Å². The lowest BCUT2D eigenvalue weighted by Crippen LogP contribution is -2.07. The Balaban J connectivity index is 2.06. The maximum atomic E-state index is 12.2. The highest BCUT2D eigenvalue weighted by Crippen LogP contribution is 2.27. The molecule has 0 bridgehead atoms. The van der Waals surface area contributed by atoms with E-state index in [0.717, 1.165) is 16.7 Å². The van der Waals surface area contributed by atoms with E-state index in [1.54, 1.807) is 24.3 Å². The average Bonchev–Trinajstić information content (AvgIpc) is 2.65. The number of nitrogens with zero attached hydrogens (tertiary/aromatic N) is 1. The van der Waals surface area contributed by atoms with Gasteiger partial charge in [0, 0.05) is 24.1 Å².